The minimum atomic E-state index is -6.00. The Bertz CT molecular complexity index is 113. The fourth-order valence-corrected chi connectivity index (χ4v) is 0.850. The lowest BCUT2D eigenvalue weighted by Crippen LogP contribution is -3.11. The third-order valence-corrected chi connectivity index (χ3v) is 1.66. The topological polar surface area (TPSA) is 13.7 Å². The molecule has 0 aliphatic rings. The second kappa shape index (κ2) is 9.27. The molecule has 0 aromatic heterocycles. The second-order valence-corrected chi connectivity index (χ2v) is 2.69. The van der Waals surface area contributed by atoms with Gasteiger partial charge in [-0.05, 0) is 13.8 Å². The van der Waals surface area contributed by atoms with Gasteiger partial charge in [-0.15, -0.1) is 0 Å². The zero-order valence-electron chi connectivity index (χ0n) is 8.83. The highest BCUT2D eigenvalue weighted by Gasteiger charge is 2.20. The third kappa shape index (κ3) is 22.6. The first kappa shape index (κ1) is 16.1. The number of nitrogens with one attached hydrogen (secondary N) is 1. The van der Waals surface area contributed by atoms with Gasteiger partial charge in [-0.2, -0.15) is 0 Å². The number of halogens is 4. The van der Waals surface area contributed by atoms with Crippen LogP contribution in [0.3, 0.4) is 0 Å². The Kier molecular flexibility index (Phi) is 10.7. The highest BCUT2D eigenvalue weighted by atomic mass is 19.5. The van der Waals surface area contributed by atoms with Gasteiger partial charge in [0.25, 0.3) is 0 Å². The minimum Gasteiger partial charge on any atom is -0.418 e. The number of quaternary nitrogens is 1. The fraction of sp³-hybridized carbons (Fsp3) is 1.00. The average molecular weight is 219 g/mol. The number of hydrogen-bond donors (Lipinski definition) is 1. The summed E-state index contributed by atoms with van der Waals surface area (Å²) in [6.07, 6.45) is 0. The molecular formula is C7H18BF4NO. The van der Waals surface area contributed by atoms with Crippen LogP contribution in [-0.4, -0.2) is 40.6 Å². The molecule has 0 heterocycles. The lowest BCUT2D eigenvalue weighted by Gasteiger charge is -2.13. The van der Waals surface area contributed by atoms with E-state index in [0.29, 0.717) is 0 Å². The van der Waals surface area contributed by atoms with E-state index < -0.39 is 7.25 Å². The summed E-state index contributed by atoms with van der Waals surface area (Å²) < 4.78 is 44.0. The van der Waals surface area contributed by atoms with Gasteiger partial charge < -0.3 is 26.9 Å². The molecule has 1 N–H and O–H groups in total. The van der Waals surface area contributed by atoms with Gasteiger partial charge in [-0.1, -0.05) is 0 Å². The maximum absolute atomic E-state index is 9.75. The Morgan fingerprint density at radius 1 is 1.07 bits per heavy atom. The van der Waals surface area contributed by atoms with Crippen molar-refractivity contribution in [3.05, 3.63) is 0 Å². The molecule has 0 saturated heterocycles. The van der Waals surface area contributed by atoms with E-state index in [4.69, 9.17) is 4.74 Å². The van der Waals surface area contributed by atoms with Crippen LogP contribution in [0.2, 0.25) is 0 Å². The van der Waals surface area contributed by atoms with Gasteiger partial charge >= 0.3 is 7.25 Å². The number of rotatable bonds is 5. The maximum atomic E-state index is 9.75. The quantitative estimate of drug-likeness (QED) is 0.534. The van der Waals surface area contributed by atoms with Crippen LogP contribution in [0, 0.1) is 0 Å². The molecule has 0 atom stereocenters. The summed E-state index contributed by atoms with van der Waals surface area (Å²) in [5.41, 5.74) is 0. The molecule has 0 bridgehead atoms. The molecule has 0 spiro atoms. The van der Waals surface area contributed by atoms with Gasteiger partial charge in [0.2, 0.25) is 0 Å². The van der Waals surface area contributed by atoms with Gasteiger partial charge in [-0.3, -0.25) is 0 Å². The van der Waals surface area contributed by atoms with Crippen LogP contribution in [-0.2, 0) is 4.74 Å². The molecule has 0 saturated carbocycles. The van der Waals surface area contributed by atoms with Crippen molar-refractivity contribution in [1.82, 2.24) is 0 Å². The van der Waals surface area contributed by atoms with Gasteiger partial charge in [0.15, 0.2) is 0 Å². The van der Waals surface area contributed by atoms with Gasteiger partial charge in [0, 0.05) is 7.11 Å². The molecule has 0 unspecified atom stereocenters. The normalized spacial score (nSPS) is 11.1. The summed E-state index contributed by atoms with van der Waals surface area (Å²) in [6.45, 7) is 8.85. The predicted molar refractivity (Wildman–Crippen MR) is 49.0 cm³/mol. The van der Waals surface area contributed by atoms with E-state index in [1.54, 1.807) is 12.0 Å². The van der Waals surface area contributed by atoms with Gasteiger partial charge in [0.1, 0.15) is 6.54 Å². The van der Waals surface area contributed by atoms with E-state index in [0.717, 1.165) is 13.2 Å². The highest BCUT2D eigenvalue weighted by Crippen LogP contribution is 2.06. The molecule has 14 heavy (non-hydrogen) atoms. The lowest BCUT2D eigenvalue weighted by molar-refractivity contribution is -0.896. The molecule has 0 fully saturated rings. The van der Waals surface area contributed by atoms with Gasteiger partial charge in [-0.25, -0.2) is 0 Å². The van der Waals surface area contributed by atoms with Crippen molar-refractivity contribution in [2.45, 2.75) is 13.8 Å². The third-order valence-electron chi connectivity index (χ3n) is 1.66. The predicted octanol–water partition coefficient (Wildman–Crippen LogP) is 0.857. The first-order valence-corrected chi connectivity index (χ1v) is 4.54. The van der Waals surface area contributed by atoms with Gasteiger partial charge in [0.05, 0.1) is 19.7 Å². The Labute approximate surface area is 82.3 Å². The molecule has 0 aliphatic heterocycles. The van der Waals surface area contributed by atoms with Crippen molar-refractivity contribution in [3.8, 4) is 0 Å². The second-order valence-electron chi connectivity index (χ2n) is 2.69. The zero-order valence-corrected chi connectivity index (χ0v) is 8.83. The fourth-order valence-electron chi connectivity index (χ4n) is 0.850. The summed E-state index contributed by atoms with van der Waals surface area (Å²) in [5, 5.41) is 0. The van der Waals surface area contributed by atoms with E-state index in [9.17, 15) is 17.3 Å². The summed E-state index contributed by atoms with van der Waals surface area (Å²) in [4.78, 5) is 1.61. The molecule has 0 rings (SSSR count). The van der Waals surface area contributed by atoms with E-state index in [2.05, 4.69) is 13.8 Å². The molecule has 0 aliphatic carbocycles. The maximum Gasteiger partial charge on any atom is 0.673 e. The van der Waals surface area contributed by atoms with Crippen molar-refractivity contribution >= 4 is 7.25 Å². The van der Waals surface area contributed by atoms with E-state index >= 15 is 0 Å². The molecule has 0 aromatic carbocycles. The van der Waals surface area contributed by atoms with Crippen LogP contribution in [0.5, 0.6) is 0 Å². The standard InChI is InChI=1S/C7H17NO.BF4/c1-4-8(5-2)6-7-9-3;2-1(3,4)5/h4-7H2,1-3H3;/q;-1/p+1. The van der Waals surface area contributed by atoms with Crippen LogP contribution in [0.4, 0.5) is 17.3 Å². The van der Waals surface area contributed by atoms with Crippen LogP contribution in [0.1, 0.15) is 13.8 Å². The molecule has 0 radical (unpaired) electrons. The molecule has 0 aromatic rings. The van der Waals surface area contributed by atoms with Crippen molar-refractivity contribution in [1.29, 1.82) is 0 Å². The highest BCUT2D eigenvalue weighted by molar-refractivity contribution is 6.50. The van der Waals surface area contributed by atoms with Crippen molar-refractivity contribution in [3.63, 3.8) is 0 Å². The number of hydrogen-bond acceptors (Lipinski definition) is 1. The first-order chi connectivity index (χ1) is 6.35. The Morgan fingerprint density at radius 3 is 1.64 bits per heavy atom. The minimum absolute atomic E-state index is 0.886. The first-order valence-electron chi connectivity index (χ1n) is 4.54. The van der Waals surface area contributed by atoms with Crippen LogP contribution < -0.4 is 4.90 Å². The smallest absolute Gasteiger partial charge is 0.418 e. The SMILES string of the molecule is CC[NH+](CC)CCOC.F[B-](F)(F)F. The number of methoxy groups -OCH3 is 1. The van der Waals surface area contributed by atoms with Crippen LogP contribution in [0.15, 0.2) is 0 Å². The van der Waals surface area contributed by atoms with E-state index in [-0.39, 0.29) is 0 Å². The molecule has 2 nitrogen and oxygen atoms in total. The van der Waals surface area contributed by atoms with E-state index in [1.807, 2.05) is 0 Å². The molecular weight excluding hydrogens is 201 g/mol. The van der Waals surface area contributed by atoms with Crippen LogP contribution in [0.25, 0.3) is 0 Å². The largest absolute Gasteiger partial charge is 0.673 e. The number of likely N-dealkylation sites (N-methyl/N-ethyl adjacent to an activating group) is 1. The van der Waals surface area contributed by atoms with Crippen molar-refractivity contribution in [2.75, 3.05) is 33.4 Å². The summed E-state index contributed by atoms with van der Waals surface area (Å²) in [6, 6.07) is 0. The lowest BCUT2D eigenvalue weighted by atomic mass is 10.3. The van der Waals surface area contributed by atoms with Crippen molar-refractivity contribution < 1.29 is 26.9 Å². The molecule has 7 heteroatoms. The Balaban J connectivity index is 0. The summed E-state index contributed by atoms with van der Waals surface area (Å²) in [5.74, 6) is 0. The monoisotopic (exact) mass is 219 g/mol. The number of ether oxygens (including phenoxy) is 1. The Hall–Kier alpha value is -0.295. The summed E-state index contributed by atoms with van der Waals surface area (Å²) in [7, 11) is -4.25. The molecule has 88 valence electrons. The van der Waals surface area contributed by atoms with E-state index in [1.165, 1.54) is 13.1 Å². The zero-order chi connectivity index (χ0) is 11.6. The Morgan fingerprint density at radius 2 is 1.43 bits per heavy atom. The van der Waals surface area contributed by atoms with Crippen molar-refractivity contribution in [2.24, 2.45) is 0 Å². The van der Waals surface area contributed by atoms with Crippen LogP contribution >= 0.6 is 0 Å². The average Bonchev–Trinajstić information content (AvgIpc) is 2.04. The molecule has 0 amide bonds. The summed E-state index contributed by atoms with van der Waals surface area (Å²) >= 11 is 0.